The van der Waals surface area contributed by atoms with Crippen molar-refractivity contribution in [3.05, 3.63) is 30.1 Å². The molecule has 128 valence electrons. The van der Waals surface area contributed by atoms with Gasteiger partial charge in [0.25, 0.3) is 5.91 Å². The van der Waals surface area contributed by atoms with Crippen LogP contribution in [-0.4, -0.2) is 64.5 Å². The summed E-state index contributed by atoms with van der Waals surface area (Å²) in [7, 11) is 0. The first-order valence-electron chi connectivity index (χ1n) is 8.80. The zero-order chi connectivity index (χ0) is 16.6. The Morgan fingerprint density at radius 3 is 3.04 bits per heavy atom. The molecule has 0 aliphatic carbocycles. The Bertz CT molecular complexity index is 636. The summed E-state index contributed by atoms with van der Waals surface area (Å²) >= 11 is 0. The van der Waals surface area contributed by atoms with E-state index in [0.717, 1.165) is 32.2 Å². The van der Waals surface area contributed by atoms with Crippen molar-refractivity contribution in [3.63, 3.8) is 0 Å². The lowest BCUT2D eigenvalue weighted by Crippen LogP contribution is -2.50. The van der Waals surface area contributed by atoms with Crippen LogP contribution in [0.15, 0.2) is 24.5 Å². The molecule has 3 aliphatic rings. The molecule has 2 atom stereocenters. The van der Waals surface area contributed by atoms with Crippen LogP contribution in [0.25, 0.3) is 0 Å². The molecule has 6 nitrogen and oxygen atoms in total. The number of aromatic nitrogens is 1. The highest BCUT2D eigenvalue weighted by molar-refractivity contribution is 5.94. The van der Waals surface area contributed by atoms with Crippen LogP contribution in [0.5, 0.6) is 0 Å². The van der Waals surface area contributed by atoms with Crippen molar-refractivity contribution in [2.75, 3.05) is 26.2 Å². The minimum atomic E-state index is -0.288. The molecule has 3 aliphatic heterocycles. The number of carbonyl (C=O) groups excluding carboxylic acids is 2. The number of nitrogens with zero attached hydrogens (tertiary/aromatic N) is 3. The van der Waals surface area contributed by atoms with E-state index in [4.69, 9.17) is 4.74 Å². The van der Waals surface area contributed by atoms with Gasteiger partial charge < -0.3 is 14.5 Å². The quantitative estimate of drug-likeness (QED) is 0.824. The van der Waals surface area contributed by atoms with Crippen molar-refractivity contribution in [2.45, 2.75) is 43.7 Å². The molecule has 1 aromatic heterocycles. The second kappa shape index (κ2) is 6.16. The Hall–Kier alpha value is -1.95. The Labute approximate surface area is 141 Å². The molecule has 4 rings (SSSR count). The molecular formula is C18H23N3O3. The van der Waals surface area contributed by atoms with Gasteiger partial charge in [-0.1, -0.05) is 0 Å². The van der Waals surface area contributed by atoms with Gasteiger partial charge in [-0.05, 0) is 37.8 Å². The molecule has 1 spiro atoms. The minimum Gasteiger partial charge on any atom is -0.373 e. The molecule has 0 N–H and O–H groups in total. The number of hydrogen-bond acceptors (Lipinski definition) is 4. The number of hydrogen-bond donors (Lipinski definition) is 0. The molecule has 0 bridgehead atoms. The van der Waals surface area contributed by atoms with E-state index in [1.807, 2.05) is 9.80 Å². The summed E-state index contributed by atoms with van der Waals surface area (Å²) in [6.07, 6.45) is 7.52. The van der Waals surface area contributed by atoms with Gasteiger partial charge >= 0.3 is 0 Å². The molecule has 24 heavy (non-hydrogen) atoms. The largest absolute Gasteiger partial charge is 0.373 e. The first-order valence-corrected chi connectivity index (χ1v) is 8.80. The van der Waals surface area contributed by atoms with Crippen LogP contribution >= 0.6 is 0 Å². The normalized spacial score (nSPS) is 30.3. The van der Waals surface area contributed by atoms with Crippen LogP contribution in [-0.2, 0) is 9.53 Å². The summed E-state index contributed by atoms with van der Waals surface area (Å²) in [4.78, 5) is 32.6. The summed E-state index contributed by atoms with van der Waals surface area (Å²) < 4.78 is 6.12. The molecular weight excluding hydrogens is 306 g/mol. The molecule has 3 saturated heterocycles. The minimum absolute atomic E-state index is 0.0166. The van der Waals surface area contributed by atoms with Gasteiger partial charge in [-0.15, -0.1) is 0 Å². The van der Waals surface area contributed by atoms with E-state index in [-0.39, 0.29) is 23.5 Å². The molecule has 6 heteroatoms. The van der Waals surface area contributed by atoms with Crippen LogP contribution in [0.2, 0.25) is 0 Å². The molecule has 2 amide bonds. The van der Waals surface area contributed by atoms with E-state index < -0.39 is 0 Å². The van der Waals surface area contributed by atoms with Gasteiger partial charge in [0.05, 0.1) is 17.7 Å². The van der Waals surface area contributed by atoms with Gasteiger partial charge in [-0.25, -0.2) is 0 Å². The van der Waals surface area contributed by atoms with E-state index in [1.54, 1.807) is 24.5 Å². The summed E-state index contributed by atoms with van der Waals surface area (Å²) in [5.74, 6) is 0.293. The van der Waals surface area contributed by atoms with E-state index in [9.17, 15) is 9.59 Å². The molecule has 3 fully saturated rings. The fourth-order valence-electron chi connectivity index (χ4n) is 4.30. The van der Waals surface area contributed by atoms with Crippen molar-refractivity contribution >= 4 is 11.8 Å². The Morgan fingerprint density at radius 2 is 2.29 bits per heavy atom. The van der Waals surface area contributed by atoms with Gasteiger partial charge in [0, 0.05) is 44.6 Å². The smallest absolute Gasteiger partial charge is 0.255 e. The molecule has 0 aromatic carbocycles. The molecule has 0 saturated carbocycles. The Morgan fingerprint density at radius 1 is 1.38 bits per heavy atom. The second-order valence-electron chi connectivity index (χ2n) is 7.09. The Balaban J connectivity index is 1.45. The zero-order valence-corrected chi connectivity index (χ0v) is 13.8. The number of amides is 2. The van der Waals surface area contributed by atoms with Crippen molar-refractivity contribution < 1.29 is 14.3 Å². The van der Waals surface area contributed by atoms with Crippen LogP contribution in [0, 0.1) is 0 Å². The summed E-state index contributed by atoms with van der Waals surface area (Å²) in [5, 5.41) is 0. The highest BCUT2D eigenvalue weighted by Gasteiger charge is 2.46. The highest BCUT2D eigenvalue weighted by atomic mass is 16.5. The van der Waals surface area contributed by atoms with E-state index >= 15 is 0 Å². The lowest BCUT2D eigenvalue weighted by atomic mass is 9.89. The number of pyridine rings is 1. The predicted octanol–water partition coefficient (Wildman–Crippen LogP) is 1.47. The van der Waals surface area contributed by atoms with Gasteiger partial charge in [-0.3, -0.25) is 14.6 Å². The van der Waals surface area contributed by atoms with Gasteiger partial charge in [0.1, 0.15) is 0 Å². The highest BCUT2D eigenvalue weighted by Crippen LogP contribution is 2.37. The van der Waals surface area contributed by atoms with Crippen molar-refractivity contribution in [1.82, 2.24) is 14.8 Å². The van der Waals surface area contributed by atoms with Crippen molar-refractivity contribution in [3.8, 4) is 0 Å². The predicted molar refractivity (Wildman–Crippen MR) is 87.4 cm³/mol. The van der Waals surface area contributed by atoms with Crippen LogP contribution in [0.1, 0.15) is 42.5 Å². The third kappa shape index (κ3) is 2.79. The maximum atomic E-state index is 12.6. The summed E-state index contributed by atoms with van der Waals surface area (Å²) in [6, 6.07) is 3.85. The fraction of sp³-hybridized carbons (Fsp3) is 0.611. The summed E-state index contributed by atoms with van der Waals surface area (Å²) in [5.41, 5.74) is 0.334. The maximum absolute atomic E-state index is 12.6. The van der Waals surface area contributed by atoms with Crippen LogP contribution in [0.3, 0.4) is 0 Å². The molecule has 0 unspecified atom stereocenters. The second-order valence-corrected chi connectivity index (χ2v) is 7.09. The molecule has 1 aromatic rings. The lowest BCUT2D eigenvalue weighted by molar-refractivity contribution is -0.137. The van der Waals surface area contributed by atoms with Gasteiger partial charge in [-0.2, -0.15) is 0 Å². The SMILES string of the molecule is O=C(c1cccnc1)N1CC[C@@]2(C[C@@H](N3CCCC3=O)CCO2)C1. The van der Waals surface area contributed by atoms with Gasteiger partial charge in [0.15, 0.2) is 0 Å². The van der Waals surface area contributed by atoms with E-state index in [0.29, 0.717) is 31.7 Å². The zero-order valence-electron chi connectivity index (χ0n) is 13.8. The third-order valence-electron chi connectivity index (χ3n) is 5.53. The third-order valence-corrected chi connectivity index (χ3v) is 5.53. The van der Waals surface area contributed by atoms with Crippen LogP contribution in [0.4, 0.5) is 0 Å². The average molecular weight is 329 g/mol. The molecule has 0 radical (unpaired) electrons. The topological polar surface area (TPSA) is 62.7 Å². The number of ether oxygens (including phenoxy) is 1. The fourth-order valence-corrected chi connectivity index (χ4v) is 4.30. The Kier molecular flexibility index (Phi) is 4.00. The standard InChI is InChI=1S/C18H23N3O3/c22-16-4-2-8-21(16)15-5-10-24-18(11-15)6-9-20(13-18)17(23)14-3-1-7-19-12-14/h1,3,7,12,15H,2,4-6,8-11,13H2/t15-,18+/m0/s1. The number of rotatable bonds is 2. The van der Waals surface area contributed by atoms with E-state index in [2.05, 4.69) is 4.98 Å². The number of carbonyl (C=O) groups is 2. The van der Waals surface area contributed by atoms with Crippen molar-refractivity contribution in [2.24, 2.45) is 0 Å². The van der Waals surface area contributed by atoms with Crippen molar-refractivity contribution in [1.29, 1.82) is 0 Å². The lowest BCUT2D eigenvalue weighted by Gasteiger charge is -2.41. The van der Waals surface area contributed by atoms with E-state index in [1.165, 1.54) is 0 Å². The first kappa shape index (κ1) is 15.6. The molecule has 4 heterocycles. The monoisotopic (exact) mass is 329 g/mol. The average Bonchev–Trinajstić information content (AvgIpc) is 3.22. The first-order chi connectivity index (χ1) is 11.7. The summed E-state index contributed by atoms with van der Waals surface area (Å²) in [6.45, 7) is 2.86. The van der Waals surface area contributed by atoms with Crippen LogP contribution < -0.4 is 0 Å². The number of likely N-dealkylation sites (tertiary alicyclic amines) is 2. The maximum Gasteiger partial charge on any atom is 0.255 e. The van der Waals surface area contributed by atoms with Gasteiger partial charge in [0.2, 0.25) is 5.91 Å².